The topological polar surface area (TPSA) is 56.6 Å². The van der Waals surface area contributed by atoms with E-state index < -0.39 is 0 Å². The third kappa shape index (κ3) is 6.08. The van der Waals surface area contributed by atoms with Crippen LogP contribution in [0.4, 0.5) is 0 Å². The van der Waals surface area contributed by atoms with E-state index in [9.17, 15) is 4.79 Å². The fraction of sp³-hybridized carbons (Fsp3) is 0.345. The summed E-state index contributed by atoms with van der Waals surface area (Å²) >= 11 is 7.00. The lowest BCUT2D eigenvalue weighted by molar-refractivity contribution is -0.122. The molecule has 194 valence electrons. The molecular formula is C29H33N3O3S2. The quantitative estimate of drug-likeness (QED) is 0.195. The van der Waals surface area contributed by atoms with Gasteiger partial charge in [-0.1, -0.05) is 75.3 Å². The van der Waals surface area contributed by atoms with Gasteiger partial charge in [0.15, 0.2) is 11.5 Å². The van der Waals surface area contributed by atoms with E-state index in [-0.39, 0.29) is 5.91 Å². The third-order valence-electron chi connectivity index (χ3n) is 6.56. The van der Waals surface area contributed by atoms with Crippen molar-refractivity contribution in [3.8, 4) is 28.4 Å². The van der Waals surface area contributed by atoms with E-state index in [1.54, 1.807) is 19.1 Å². The summed E-state index contributed by atoms with van der Waals surface area (Å²) in [4.78, 5) is 15.8. The Morgan fingerprint density at radius 1 is 1.08 bits per heavy atom. The molecule has 4 rings (SSSR count). The first-order chi connectivity index (χ1) is 18.0. The van der Waals surface area contributed by atoms with Gasteiger partial charge in [-0.15, -0.1) is 0 Å². The summed E-state index contributed by atoms with van der Waals surface area (Å²) < 4.78 is 13.4. The van der Waals surface area contributed by atoms with Crippen LogP contribution in [-0.4, -0.2) is 45.7 Å². The number of methoxy groups -OCH3 is 2. The van der Waals surface area contributed by atoms with Crippen LogP contribution >= 0.6 is 24.0 Å². The number of carbonyl (C=O) groups excluding carboxylic acids is 1. The Kier molecular flexibility index (Phi) is 9.05. The lowest BCUT2D eigenvalue weighted by atomic mass is 9.99. The van der Waals surface area contributed by atoms with Crippen LogP contribution in [0.2, 0.25) is 0 Å². The van der Waals surface area contributed by atoms with Gasteiger partial charge >= 0.3 is 0 Å². The maximum Gasteiger partial charge on any atom is 0.266 e. The van der Waals surface area contributed by atoms with Crippen LogP contribution in [0, 0.1) is 5.92 Å². The van der Waals surface area contributed by atoms with E-state index in [0.717, 1.165) is 48.2 Å². The first-order valence-corrected chi connectivity index (χ1v) is 13.8. The van der Waals surface area contributed by atoms with Crippen LogP contribution in [0.1, 0.15) is 45.1 Å². The number of thioether (sulfide) groups is 1. The molecule has 0 radical (unpaired) electrons. The maximum absolute atomic E-state index is 13.4. The number of amides is 1. The highest BCUT2D eigenvalue weighted by Crippen LogP contribution is 2.37. The zero-order chi connectivity index (χ0) is 26.4. The van der Waals surface area contributed by atoms with Gasteiger partial charge in [0.1, 0.15) is 10.0 Å². The van der Waals surface area contributed by atoms with Gasteiger partial charge in [0.25, 0.3) is 5.91 Å². The second-order valence-corrected chi connectivity index (χ2v) is 10.7. The van der Waals surface area contributed by atoms with Crippen molar-refractivity contribution in [2.45, 2.75) is 39.5 Å². The molecule has 6 nitrogen and oxygen atoms in total. The van der Waals surface area contributed by atoms with Crippen LogP contribution in [0.3, 0.4) is 0 Å². The molecular weight excluding hydrogens is 502 g/mol. The third-order valence-corrected chi connectivity index (χ3v) is 7.94. The predicted molar refractivity (Wildman–Crippen MR) is 155 cm³/mol. The summed E-state index contributed by atoms with van der Waals surface area (Å²) in [5.74, 6) is 1.68. The summed E-state index contributed by atoms with van der Waals surface area (Å²) in [6.45, 7) is 5.05. The average molecular weight is 536 g/mol. The Morgan fingerprint density at radius 2 is 1.84 bits per heavy atom. The van der Waals surface area contributed by atoms with Crippen molar-refractivity contribution < 1.29 is 14.3 Å². The minimum Gasteiger partial charge on any atom is -0.493 e. The Labute approximate surface area is 228 Å². The monoisotopic (exact) mass is 535 g/mol. The van der Waals surface area contributed by atoms with Gasteiger partial charge in [0.2, 0.25) is 0 Å². The number of hydrogen-bond acceptors (Lipinski definition) is 6. The summed E-state index contributed by atoms with van der Waals surface area (Å²) in [5, 5.41) is 4.89. The zero-order valence-corrected chi connectivity index (χ0v) is 23.4. The van der Waals surface area contributed by atoms with Crippen LogP contribution < -0.4 is 9.47 Å². The molecule has 1 aromatic heterocycles. The van der Waals surface area contributed by atoms with E-state index in [2.05, 4.69) is 13.8 Å². The van der Waals surface area contributed by atoms with Crippen molar-refractivity contribution in [2.24, 2.45) is 5.92 Å². The van der Waals surface area contributed by atoms with Crippen molar-refractivity contribution in [1.82, 2.24) is 14.7 Å². The largest absolute Gasteiger partial charge is 0.493 e. The van der Waals surface area contributed by atoms with Gasteiger partial charge in [-0.3, -0.25) is 9.69 Å². The summed E-state index contributed by atoms with van der Waals surface area (Å²) in [6.07, 6.45) is 8.31. The van der Waals surface area contributed by atoms with Crippen molar-refractivity contribution in [2.75, 3.05) is 20.8 Å². The summed E-state index contributed by atoms with van der Waals surface area (Å²) in [7, 11) is 3.22. The number of aromatic nitrogens is 2. The van der Waals surface area contributed by atoms with Gasteiger partial charge in [-0.2, -0.15) is 5.10 Å². The fourth-order valence-corrected chi connectivity index (χ4v) is 5.65. The number of hydrogen-bond donors (Lipinski definition) is 0. The molecule has 2 heterocycles. The molecule has 8 heteroatoms. The normalized spacial score (nSPS) is 15.5. The second kappa shape index (κ2) is 12.4. The van der Waals surface area contributed by atoms with Gasteiger partial charge in [-0.05, 0) is 48.7 Å². The van der Waals surface area contributed by atoms with E-state index in [1.165, 1.54) is 11.8 Å². The molecule has 0 aliphatic carbocycles. The average Bonchev–Trinajstić information content (AvgIpc) is 3.47. The smallest absolute Gasteiger partial charge is 0.266 e. The highest BCUT2D eigenvalue weighted by molar-refractivity contribution is 8.26. The molecule has 0 N–H and O–H groups in total. The van der Waals surface area contributed by atoms with Gasteiger partial charge in [0.05, 0.1) is 24.8 Å². The van der Waals surface area contributed by atoms with E-state index >= 15 is 0 Å². The molecule has 2 aromatic carbocycles. The number of para-hydroxylation sites is 1. The lowest BCUT2D eigenvalue weighted by Gasteiger charge is -2.21. The second-order valence-electron chi connectivity index (χ2n) is 8.99. The number of benzene rings is 2. The van der Waals surface area contributed by atoms with E-state index in [1.807, 2.05) is 65.5 Å². The first kappa shape index (κ1) is 26.9. The highest BCUT2D eigenvalue weighted by Gasteiger charge is 2.33. The van der Waals surface area contributed by atoms with Crippen molar-refractivity contribution >= 4 is 40.3 Å². The van der Waals surface area contributed by atoms with Crippen molar-refractivity contribution in [3.05, 3.63) is 65.2 Å². The van der Waals surface area contributed by atoms with Crippen LogP contribution in [0.25, 0.3) is 23.0 Å². The molecule has 1 saturated heterocycles. The molecule has 0 bridgehead atoms. The molecule has 1 fully saturated rings. The number of ether oxygens (including phenoxy) is 2. The molecule has 37 heavy (non-hydrogen) atoms. The minimum absolute atomic E-state index is 0.0318. The van der Waals surface area contributed by atoms with Crippen LogP contribution in [-0.2, 0) is 4.79 Å². The number of rotatable bonds is 11. The first-order valence-electron chi connectivity index (χ1n) is 12.6. The standard InChI is InChI=1S/C29H33N3O3S2/c1-5-7-11-20(6-2)18-31-28(33)26(37-29(31)36)17-22-19-32(23-12-9-8-10-13-23)30-27(22)21-14-15-24(34-3)25(16-21)35-4/h8-10,12-17,19-20H,5-7,11,18H2,1-4H3/b26-17-. The molecule has 0 spiro atoms. The van der Waals surface area contributed by atoms with Gasteiger partial charge in [0, 0.05) is 23.9 Å². The van der Waals surface area contributed by atoms with Crippen LogP contribution in [0.15, 0.2) is 59.6 Å². The molecule has 3 aromatic rings. The molecule has 1 atom stereocenters. The number of nitrogens with zero attached hydrogens (tertiary/aromatic N) is 3. The number of unbranched alkanes of at least 4 members (excludes halogenated alkanes) is 1. The fourth-order valence-electron chi connectivity index (χ4n) is 4.39. The maximum atomic E-state index is 13.4. The highest BCUT2D eigenvalue weighted by atomic mass is 32.2. The number of thiocarbonyl (C=S) groups is 1. The Balaban J connectivity index is 1.72. The summed E-state index contributed by atoms with van der Waals surface area (Å²) in [6, 6.07) is 15.6. The molecule has 0 saturated carbocycles. The van der Waals surface area contributed by atoms with E-state index in [4.69, 9.17) is 26.8 Å². The molecule has 1 amide bonds. The van der Waals surface area contributed by atoms with Crippen LogP contribution in [0.5, 0.6) is 11.5 Å². The Morgan fingerprint density at radius 3 is 2.51 bits per heavy atom. The Hall–Kier alpha value is -3.10. The minimum atomic E-state index is -0.0318. The number of carbonyl (C=O) groups is 1. The van der Waals surface area contributed by atoms with Crippen molar-refractivity contribution in [1.29, 1.82) is 0 Å². The summed E-state index contributed by atoms with van der Waals surface area (Å²) in [5.41, 5.74) is 3.36. The molecule has 1 aliphatic rings. The molecule has 1 unspecified atom stereocenters. The van der Waals surface area contributed by atoms with Gasteiger partial charge in [-0.25, -0.2) is 4.68 Å². The van der Waals surface area contributed by atoms with Crippen molar-refractivity contribution in [3.63, 3.8) is 0 Å². The van der Waals surface area contributed by atoms with E-state index in [0.29, 0.717) is 33.2 Å². The van der Waals surface area contributed by atoms with Gasteiger partial charge < -0.3 is 9.47 Å². The SMILES string of the molecule is CCCCC(CC)CN1C(=O)/C(=C/c2cn(-c3ccccc3)nc2-c2ccc(OC)c(OC)c2)SC1=S. The lowest BCUT2D eigenvalue weighted by Crippen LogP contribution is -2.33. The molecule has 1 aliphatic heterocycles. The predicted octanol–water partition coefficient (Wildman–Crippen LogP) is 6.97. The Bertz CT molecular complexity index is 1290. The zero-order valence-electron chi connectivity index (χ0n) is 21.8.